The Morgan fingerprint density at radius 1 is 1.32 bits per heavy atom. The number of rotatable bonds is 9. The van der Waals surface area contributed by atoms with Gasteiger partial charge in [-0.15, -0.1) is 0 Å². The van der Waals surface area contributed by atoms with Crippen molar-refractivity contribution in [1.29, 1.82) is 0 Å². The van der Waals surface area contributed by atoms with Crippen molar-refractivity contribution in [3.63, 3.8) is 0 Å². The van der Waals surface area contributed by atoms with E-state index in [9.17, 15) is 9.59 Å². The predicted octanol–water partition coefficient (Wildman–Crippen LogP) is 2.33. The normalized spacial score (nSPS) is 18.9. The molecule has 1 saturated heterocycles. The number of carbonyl (C=O) groups is 2. The Balaban J connectivity index is 1.62. The number of carbonyl (C=O) groups excluding carboxylic acids is 2. The molecule has 1 unspecified atom stereocenters. The van der Waals surface area contributed by atoms with Gasteiger partial charge < -0.3 is 24.6 Å². The minimum atomic E-state index is -1.02. The summed E-state index contributed by atoms with van der Waals surface area (Å²) in [4.78, 5) is 30.5. The fraction of sp³-hybridized carbons (Fsp3) is 0.524. The lowest BCUT2D eigenvalue weighted by molar-refractivity contribution is -0.161. The van der Waals surface area contributed by atoms with Crippen molar-refractivity contribution in [2.75, 3.05) is 26.3 Å². The number of amides is 2. The smallest absolute Gasteiger partial charge is 0.227 e. The molecule has 1 aliphatic heterocycles. The van der Waals surface area contributed by atoms with Crippen LogP contribution in [0.4, 0.5) is 0 Å². The van der Waals surface area contributed by atoms with Crippen LogP contribution in [0, 0.1) is 0 Å². The summed E-state index contributed by atoms with van der Waals surface area (Å²) >= 11 is 5.90. The molecule has 1 aromatic carbocycles. The molecule has 0 aliphatic carbocycles. The highest BCUT2D eigenvalue weighted by atomic mass is 35.5. The third-order valence-electron chi connectivity index (χ3n) is 4.97. The van der Waals surface area contributed by atoms with Crippen LogP contribution in [-0.4, -0.2) is 58.8 Å². The molecule has 168 valence electrons. The molecule has 2 N–H and O–H groups in total. The highest BCUT2D eigenvalue weighted by molar-refractivity contribution is 6.30. The number of nitrogens with two attached hydrogens (primary N) is 1. The van der Waals surface area contributed by atoms with E-state index in [1.807, 2.05) is 13.8 Å². The molecule has 0 radical (unpaired) electrons. The zero-order valence-electron chi connectivity index (χ0n) is 17.7. The molecule has 0 saturated carbocycles. The first-order chi connectivity index (χ1) is 14.8. The molecule has 10 heteroatoms. The summed E-state index contributed by atoms with van der Waals surface area (Å²) in [5, 5.41) is 4.50. The Labute approximate surface area is 185 Å². The van der Waals surface area contributed by atoms with Gasteiger partial charge in [0.2, 0.25) is 17.7 Å². The Morgan fingerprint density at radius 2 is 2.06 bits per heavy atom. The van der Waals surface area contributed by atoms with E-state index in [-0.39, 0.29) is 44.4 Å². The quantitative estimate of drug-likeness (QED) is 0.622. The van der Waals surface area contributed by atoms with Gasteiger partial charge in [0.05, 0.1) is 19.6 Å². The topological polar surface area (TPSA) is 121 Å². The molecule has 0 spiro atoms. The molecule has 9 nitrogen and oxygen atoms in total. The summed E-state index contributed by atoms with van der Waals surface area (Å²) in [6.45, 7) is 4.91. The lowest BCUT2D eigenvalue weighted by Gasteiger charge is -2.42. The first kappa shape index (κ1) is 23.0. The molecular weight excluding hydrogens is 424 g/mol. The predicted molar refractivity (Wildman–Crippen MR) is 113 cm³/mol. The van der Waals surface area contributed by atoms with E-state index >= 15 is 0 Å². The highest BCUT2D eigenvalue weighted by Crippen LogP contribution is 2.25. The van der Waals surface area contributed by atoms with E-state index in [4.69, 9.17) is 31.3 Å². The molecule has 1 fully saturated rings. The van der Waals surface area contributed by atoms with Crippen LogP contribution in [0.2, 0.25) is 5.02 Å². The average Bonchev–Trinajstić information content (AvgIpc) is 3.21. The van der Waals surface area contributed by atoms with Gasteiger partial charge in [-0.1, -0.05) is 30.6 Å². The van der Waals surface area contributed by atoms with Crippen LogP contribution in [0.5, 0.6) is 5.75 Å². The largest absolute Gasteiger partial charge is 0.490 e. The summed E-state index contributed by atoms with van der Waals surface area (Å²) in [5.41, 5.74) is 4.44. The van der Waals surface area contributed by atoms with E-state index in [0.29, 0.717) is 35.5 Å². The van der Waals surface area contributed by atoms with Crippen LogP contribution < -0.4 is 10.5 Å². The Kier molecular flexibility index (Phi) is 7.50. The zero-order chi connectivity index (χ0) is 22.4. The van der Waals surface area contributed by atoms with Gasteiger partial charge in [0, 0.05) is 30.3 Å². The number of aromatic nitrogens is 2. The van der Waals surface area contributed by atoms with Crippen LogP contribution >= 0.6 is 11.6 Å². The summed E-state index contributed by atoms with van der Waals surface area (Å²) in [6.07, 6.45) is 0.496. The lowest BCUT2D eigenvalue weighted by Crippen LogP contribution is -2.58. The molecule has 3 rings (SSSR count). The third kappa shape index (κ3) is 6.41. The lowest BCUT2D eigenvalue weighted by atomic mass is 9.97. The van der Waals surface area contributed by atoms with Gasteiger partial charge in [-0.05, 0) is 24.3 Å². The second kappa shape index (κ2) is 10.1. The maximum absolute atomic E-state index is 12.8. The highest BCUT2D eigenvalue weighted by Gasteiger charge is 2.40. The van der Waals surface area contributed by atoms with E-state index in [1.165, 1.54) is 0 Å². The average molecular weight is 451 g/mol. The van der Waals surface area contributed by atoms with Gasteiger partial charge in [0.15, 0.2) is 5.82 Å². The second-order valence-corrected chi connectivity index (χ2v) is 8.37. The third-order valence-corrected chi connectivity index (χ3v) is 5.22. The number of benzene rings is 1. The molecular formula is C21H27ClN4O5. The number of ether oxygens (including phenoxy) is 2. The first-order valence-corrected chi connectivity index (χ1v) is 10.5. The second-order valence-electron chi connectivity index (χ2n) is 7.93. The Hall–Kier alpha value is -2.65. The zero-order valence-corrected chi connectivity index (χ0v) is 18.4. The van der Waals surface area contributed by atoms with Crippen molar-refractivity contribution < 1.29 is 23.6 Å². The number of morpholine rings is 1. The number of aryl methyl sites for hydroxylation is 1. The van der Waals surface area contributed by atoms with Crippen LogP contribution in [0.3, 0.4) is 0 Å². The monoisotopic (exact) mass is 450 g/mol. The van der Waals surface area contributed by atoms with Crippen molar-refractivity contribution in [3.8, 4) is 5.75 Å². The standard InChI is InChI=1S/C21H27ClN4O5/c1-14(2)20-24-18(31-25-20)7-8-19(28)26-9-10-30-21(12-26,11-17(23)27)13-29-16-5-3-15(22)4-6-16/h3-6,14H,7-13H2,1-2H3,(H2,23,27). The fourth-order valence-corrected chi connectivity index (χ4v) is 3.47. The molecule has 1 atom stereocenters. The minimum Gasteiger partial charge on any atom is -0.490 e. The molecule has 1 aromatic heterocycles. The van der Waals surface area contributed by atoms with Crippen LogP contribution in [0.1, 0.15) is 44.3 Å². The number of nitrogens with zero attached hydrogens (tertiary/aromatic N) is 3. The number of hydrogen-bond donors (Lipinski definition) is 1. The summed E-state index contributed by atoms with van der Waals surface area (Å²) in [7, 11) is 0. The molecule has 2 heterocycles. The van der Waals surface area contributed by atoms with Crippen molar-refractivity contribution in [2.24, 2.45) is 5.73 Å². The number of hydrogen-bond acceptors (Lipinski definition) is 7. The molecule has 31 heavy (non-hydrogen) atoms. The first-order valence-electron chi connectivity index (χ1n) is 10.2. The van der Waals surface area contributed by atoms with E-state index in [2.05, 4.69) is 10.1 Å². The summed E-state index contributed by atoms with van der Waals surface area (Å²) in [5.74, 6) is 1.17. The maximum Gasteiger partial charge on any atom is 0.227 e. The van der Waals surface area contributed by atoms with Crippen molar-refractivity contribution in [3.05, 3.63) is 41.0 Å². The van der Waals surface area contributed by atoms with E-state index in [0.717, 1.165) is 0 Å². The SMILES string of the molecule is CC(C)c1noc(CCC(=O)N2CCOC(COc3ccc(Cl)cc3)(CC(N)=O)C2)n1. The van der Waals surface area contributed by atoms with Crippen LogP contribution in [-0.2, 0) is 20.7 Å². The number of primary amides is 1. The van der Waals surface area contributed by atoms with Gasteiger partial charge in [0.1, 0.15) is 18.0 Å². The van der Waals surface area contributed by atoms with Gasteiger partial charge in [0.25, 0.3) is 0 Å². The van der Waals surface area contributed by atoms with Gasteiger partial charge in [-0.2, -0.15) is 4.98 Å². The van der Waals surface area contributed by atoms with Gasteiger partial charge >= 0.3 is 0 Å². The summed E-state index contributed by atoms with van der Waals surface area (Å²) < 4.78 is 16.9. The van der Waals surface area contributed by atoms with Gasteiger partial charge in [-0.3, -0.25) is 9.59 Å². The van der Waals surface area contributed by atoms with Crippen LogP contribution in [0.25, 0.3) is 0 Å². The van der Waals surface area contributed by atoms with Crippen molar-refractivity contribution in [2.45, 2.75) is 44.6 Å². The minimum absolute atomic E-state index is 0.0637. The fourth-order valence-electron chi connectivity index (χ4n) is 3.34. The summed E-state index contributed by atoms with van der Waals surface area (Å²) in [6, 6.07) is 6.86. The Morgan fingerprint density at radius 3 is 2.71 bits per heavy atom. The molecule has 0 bridgehead atoms. The van der Waals surface area contributed by atoms with E-state index in [1.54, 1.807) is 29.2 Å². The van der Waals surface area contributed by atoms with Crippen LogP contribution in [0.15, 0.2) is 28.8 Å². The molecule has 1 aliphatic rings. The molecule has 2 aromatic rings. The Bertz CT molecular complexity index is 901. The van der Waals surface area contributed by atoms with E-state index < -0.39 is 11.5 Å². The number of halogens is 1. The van der Waals surface area contributed by atoms with Crippen molar-refractivity contribution >= 4 is 23.4 Å². The maximum atomic E-state index is 12.8. The van der Waals surface area contributed by atoms with Crippen molar-refractivity contribution in [1.82, 2.24) is 15.0 Å². The van der Waals surface area contributed by atoms with Gasteiger partial charge in [-0.25, -0.2) is 0 Å². The molecule has 2 amide bonds.